The fraction of sp³-hybridized carbons (Fsp3) is 0. The molecule has 0 aliphatic carbocycles. The van der Waals surface area contributed by atoms with Crippen molar-refractivity contribution in [2.24, 2.45) is 0 Å². The van der Waals surface area contributed by atoms with Crippen LogP contribution in [0.4, 0.5) is 11.4 Å². The zero-order chi connectivity index (χ0) is 18.5. The minimum atomic E-state index is -0.397. The van der Waals surface area contributed by atoms with Crippen LogP contribution in [0.1, 0.15) is 20.7 Å². The van der Waals surface area contributed by atoms with E-state index in [1.165, 1.54) is 24.3 Å². The van der Waals surface area contributed by atoms with Crippen LogP contribution in [0.15, 0.2) is 72.8 Å². The van der Waals surface area contributed by atoms with Gasteiger partial charge in [0.15, 0.2) is 0 Å². The summed E-state index contributed by atoms with van der Waals surface area (Å²) in [5.41, 5.74) is 1.56. The minimum absolute atomic E-state index is 0.00288. The van der Waals surface area contributed by atoms with Crippen molar-refractivity contribution in [3.63, 3.8) is 0 Å². The third-order valence-corrected chi connectivity index (χ3v) is 3.59. The molecule has 0 fully saturated rings. The SMILES string of the molecule is O=C(Nc1cccc(C(=O)Nc2cccc(O)c2)c1)c1cccc(O)c1. The molecule has 6 heteroatoms. The summed E-state index contributed by atoms with van der Waals surface area (Å²) in [6.45, 7) is 0. The van der Waals surface area contributed by atoms with E-state index < -0.39 is 5.91 Å². The van der Waals surface area contributed by atoms with Crippen molar-refractivity contribution in [3.8, 4) is 11.5 Å². The van der Waals surface area contributed by atoms with E-state index in [0.717, 1.165) is 0 Å². The molecule has 0 aliphatic heterocycles. The lowest BCUT2D eigenvalue weighted by atomic mass is 10.1. The molecule has 130 valence electrons. The highest BCUT2D eigenvalue weighted by atomic mass is 16.3. The molecule has 0 saturated carbocycles. The van der Waals surface area contributed by atoms with Gasteiger partial charge in [-0.25, -0.2) is 0 Å². The Morgan fingerprint density at radius 1 is 0.615 bits per heavy atom. The van der Waals surface area contributed by atoms with E-state index in [4.69, 9.17) is 0 Å². The number of nitrogens with one attached hydrogen (secondary N) is 2. The maximum Gasteiger partial charge on any atom is 0.255 e. The Hall–Kier alpha value is -3.80. The van der Waals surface area contributed by atoms with Gasteiger partial charge in [-0.3, -0.25) is 9.59 Å². The van der Waals surface area contributed by atoms with Gasteiger partial charge in [-0.05, 0) is 48.5 Å². The summed E-state index contributed by atoms with van der Waals surface area (Å²) in [6, 6.07) is 18.7. The largest absolute Gasteiger partial charge is 0.508 e. The number of carbonyl (C=O) groups is 2. The molecule has 0 aliphatic rings. The van der Waals surface area contributed by atoms with E-state index in [1.54, 1.807) is 48.5 Å². The van der Waals surface area contributed by atoms with Gasteiger partial charge in [0, 0.05) is 28.6 Å². The van der Waals surface area contributed by atoms with Crippen molar-refractivity contribution >= 4 is 23.2 Å². The molecule has 4 N–H and O–H groups in total. The highest BCUT2D eigenvalue weighted by Crippen LogP contribution is 2.18. The fourth-order valence-corrected chi connectivity index (χ4v) is 2.38. The molecule has 3 rings (SSSR count). The number of benzene rings is 3. The van der Waals surface area contributed by atoms with E-state index in [2.05, 4.69) is 10.6 Å². The molecule has 0 heterocycles. The molecule has 0 saturated heterocycles. The van der Waals surface area contributed by atoms with Gasteiger partial charge >= 0.3 is 0 Å². The second-order valence-electron chi connectivity index (χ2n) is 5.59. The number of phenols is 2. The van der Waals surface area contributed by atoms with Crippen LogP contribution in [0, 0.1) is 0 Å². The van der Waals surface area contributed by atoms with Crippen LogP contribution in [0.5, 0.6) is 11.5 Å². The van der Waals surface area contributed by atoms with Crippen molar-refractivity contribution in [3.05, 3.63) is 83.9 Å². The summed E-state index contributed by atoms with van der Waals surface area (Å²) in [5, 5.41) is 24.3. The number of hydrogen-bond acceptors (Lipinski definition) is 4. The molecule has 0 aromatic heterocycles. The van der Waals surface area contributed by atoms with E-state index in [-0.39, 0.29) is 17.4 Å². The van der Waals surface area contributed by atoms with Gasteiger partial charge in [0.2, 0.25) is 0 Å². The molecule has 2 amide bonds. The zero-order valence-electron chi connectivity index (χ0n) is 13.6. The Morgan fingerprint density at radius 2 is 1.08 bits per heavy atom. The summed E-state index contributed by atoms with van der Waals surface area (Å²) in [4.78, 5) is 24.6. The number of carbonyl (C=O) groups excluding carboxylic acids is 2. The standard InChI is InChI=1S/C20H16N2O4/c23-17-8-2-5-14(11-17)20(26)21-15-6-1-4-13(10-15)19(25)22-16-7-3-9-18(24)12-16/h1-12,23-24H,(H,21,26)(H,22,25). The first-order valence-corrected chi connectivity index (χ1v) is 7.82. The Morgan fingerprint density at radius 3 is 1.65 bits per heavy atom. The van der Waals surface area contributed by atoms with Crippen LogP contribution >= 0.6 is 0 Å². The topological polar surface area (TPSA) is 98.7 Å². The third kappa shape index (κ3) is 4.18. The highest BCUT2D eigenvalue weighted by Gasteiger charge is 2.10. The number of rotatable bonds is 4. The average molecular weight is 348 g/mol. The Kier molecular flexibility index (Phi) is 4.85. The van der Waals surface area contributed by atoms with Crippen molar-refractivity contribution in [2.45, 2.75) is 0 Å². The average Bonchev–Trinajstić information content (AvgIpc) is 2.62. The second-order valence-corrected chi connectivity index (χ2v) is 5.59. The molecule has 26 heavy (non-hydrogen) atoms. The summed E-state index contributed by atoms with van der Waals surface area (Å²) in [6.07, 6.45) is 0. The number of amides is 2. The van der Waals surface area contributed by atoms with Crippen molar-refractivity contribution in [1.29, 1.82) is 0 Å². The van der Waals surface area contributed by atoms with Crippen molar-refractivity contribution in [2.75, 3.05) is 10.6 Å². The molecule has 3 aromatic rings. The second kappa shape index (κ2) is 7.40. The minimum Gasteiger partial charge on any atom is -0.508 e. The lowest BCUT2D eigenvalue weighted by Gasteiger charge is -2.09. The molecular weight excluding hydrogens is 332 g/mol. The van der Waals surface area contributed by atoms with Gasteiger partial charge in [-0.1, -0.05) is 18.2 Å². The molecule has 0 unspecified atom stereocenters. The molecule has 0 bridgehead atoms. The Bertz CT molecular complexity index is 969. The van der Waals surface area contributed by atoms with Crippen LogP contribution < -0.4 is 10.6 Å². The fourth-order valence-electron chi connectivity index (χ4n) is 2.38. The first-order chi connectivity index (χ1) is 12.5. The van der Waals surface area contributed by atoms with Crippen LogP contribution in [0.3, 0.4) is 0 Å². The number of aromatic hydroxyl groups is 2. The summed E-state index contributed by atoms with van der Waals surface area (Å²) in [5.74, 6) is -0.720. The maximum atomic E-state index is 12.3. The third-order valence-electron chi connectivity index (χ3n) is 3.59. The molecule has 0 spiro atoms. The lowest BCUT2D eigenvalue weighted by molar-refractivity contribution is 0.101. The summed E-state index contributed by atoms with van der Waals surface area (Å²) in [7, 11) is 0. The first-order valence-electron chi connectivity index (χ1n) is 7.82. The highest BCUT2D eigenvalue weighted by molar-refractivity contribution is 6.07. The van der Waals surface area contributed by atoms with E-state index in [0.29, 0.717) is 22.5 Å². The van der Waals surface area contributed by atoms with Gasteiger partial charge in [-0.15, -0.1) is 0 Å². The predicted molar refractivity (Wildman–Crippen MR) is 98.6 cm³/mol. The predicted octanol–water partition coefficient (Wildman–Crippen LogP) is 3.60. The summed E-state index contributed by atoms with van der Waals surface area (Å²) < 4.78 is 0. The quantitative estimate of drug-likeness (QED) is 0.579. The smallest absolute Gasteiger partial charge is 0.255 e. The van der Waals surface area contributed by atoms with Crippen molar-refractivity contribution < 1.29 is 19.8 Å². The molecule has 0 radical (unpaired) electrons. The van der Waals surface area contributed by atoms with Crippen LogP contribution in [0.2, 0.25) is 0 Å². The van der Waals surface area contributed by atoms with E-state index in [1.807, 2.05) is 0 Å². The number of anilines is 2. The normalized spacial score (nSPS) is 10.2. The van der Waals surface area contributed by atoms with Crippen LogP contribution in [-0.4, -0.2) is 22.0 Å². The maximum absolute atomic E-state index is 12.3. The molecular formula is C20H16N2O4. The van der Waals surface area contributed by atoms with Gasteiger partial charge in [0.25, 0.3) is 11.8 Å². The number of hydrogen-bond donors (Lipinski definition) is 4. The molecule has 0 atom stereocenters. The van der Waals surface area contributed by atoms with Gasteiger partial charge in [-0.2, -0.15) is 0 Å². The van der Waals surface area contributed by atoms with Crippen LogP contribution in [-0.2, 0) is 0 Å². The van der Waals surface area contributed by atoms with E-state index >= 15 is 0 Å². The first kappa shape index (κ1) is 17.0. The van der Waals surface area contributed by atoms with Gasteiger partial charge in [0.1, 0.15) is 11.5 Å². The molecule has 3 aromatic carbocycles. The lowest BCUT2D eigenvalue weighted by Crippen LogP contribution is -2.14. The zero-order valence-corrected chi connectivity index (χ0v) is 13.6. The Balaban J connectivity index is 1.73. The Labute approximate surface area is 149 Å². The van der Waals surface area contributed by atoms with Gasteiger partial charge in [0.05, 0.1) is 0 Å². The summed E-state index contributed by atoms with van der Waals surface area (Å²) >= 11 is 0. The van der Waals surface area contributed by atoms with Gasteiger partial charge < -0.3 is 20.8 Å². The van der Waals surface area contributed by atoms with Crippen molar-refractivity contribution in [1.82, 2.24) is 0 Å². The number of phenolic OH excluding ortho intramolecular Hbond substituents is 2. The monoisotopic (exact) mass is 348 g/mol. The molecule has 6 nitrogen and oxygen atoms in total. The van der Waals surface area contributed by atoms with Crippen LogP contribution in [0.25, 0.3) is 0 Å². The van der Waals surface area contributed by atoms with E-state index in [9.17, 15) is 19.8 Å².